The van der Waals surface area contributed by atoms with Crippen LogP contribution in [-0.4, -0.2) is 39.4 Å². The molecule has 0 aliphatic heterocycles. The minimum atomic E-state index is -1.21. The molecule has 4 aliphatic carbocycles. The van der Waals surface area contributed by atoms with Crippen LogP contribution in [0, 0.1) is 28.6 Å². The largest absolute Gasteiger partial charge is 0.393 e. The Labute approximate surface area is 137 Å². The van der Waals surface area contributed by atoms with Gasteiger partial charge in [-0.2, -0.15) is 0 Å². The lowest BCUT2D eigenvalue weighted by Crippen LogP contribution is -2.52. The Morgan fingerprint density at radius 3 is 2.61 bits per heavy atom. The van der Waals surface area contributed by atoms with Gasteiger partial charge in [-0.05, 0) is 55.8 Å². The number of rotatable bonds is 0. The Hall–Kier alpha value is -0.710. The number of carbonyl (C=O) groups excluding carboxylic acids is 1. The Morgan fingerprint density at radius 1 is 1.13 bits per heavy atom. The van der Waals surface area contributed by atoms with Crippen LogP contribution in [0.3, 0.4) is 0 Å². The summed E-state index contributed by atoms with van der Waals surface area (Å²) in [5, 5.41) is 30.6. The number of aliphatic hydroxyl groups is 3. The van der Waals surface area contributed by atoms with Gasteiger partial charge in [-0.1, -0.05) is 25.5 Å². The van der Waals surface area contributed by atoms with Crippen molar-refractivity contribution in [2.75, 3.05) is 0 Å². The summed E-state index contributed by atoms with van der Waals surface area (Å²) in [5.74, 6) is 0.269. The number of ketones is 1. The molecule has 3 fully saturated rings. The van der Waals surface area contributed by atoms with Crippen molar-refractivity contribution in [1.29, 1.82) is 0 Å². The Balaban J connectivity index is 1.73. The first-order chi connectivity index (χ1) is 10.8. The molecule has 1 unspecified atom stereocenters. The number of allylic oxidation sites excluding steroid dienone is 1. The van der Waals surface area contributed by atoms with Gasteiger partial charge in [0.1, 0.15) is 6.10 Å². The molecule has 0 aromatic heterocycles. The molecule has 0 aromatic rings. The minimum Gasteiger partial charge on any atom is -0.393 e. The normalized spacial score (nSPS) is 55.7. The van der Waals surface area contributed by atoms with Crippen molar-refractivity contribution in [3.05, 3.63) is 11.6 Å². The van der Waals surface area contributed by atoms with E-state index >= 15 is 0 Å². The summed E-state index contributed by atoms with van der Waals surface area (Å²) >= 11 is 0. The highest BCUT2D eigenvalue weighted by Crippen LogP contribution is 2.63. The van der Waals surface area contributed by atoms with Crippen molar-refractivity contribution in [2.24, 2.45) is 28.6 Å². The van der Waals surface area contributed by atoms with Crippen LogP contribution in [0.2, 0.25) is 0 Å². The van der Waals surface area contributed by atoms with Gasteiger partial charge in [-0.25, -0.2) is 0 Å². The third-order valence-corrected chi connectivity index (χ3v) is 7.86. The number of carbonyl (C=O) groups is 1. The van der Waals surface area contributed by atoms with E-state index in [0.717, 1.165) is 38.5 Å². The molecule has 0 aromatic carbocycles. The zero-order chi connectivity index (χ0) is 16.6. The van der Waals surface area contributed by atoms with E-state index in [2.05, 4.69) is 13.0 Å². The van der Waals surface area contributed by atoms with Crippen LogP contribution in [0.5, 0.6) is 0 Å². The zero-order valence-electron chi connectivity index (χ0n) is 14.0. The lowest BCUT2D eigenvalue weighted by molar-refractivity contribution is -0.134. The highest BCUT2D eigenvalue weighted by atomic mass is 16.3. The third-order valence-electron chi connectivity index (χ3n) is 7.86. The SMILES string of the molecule is C[C@]12CC[C@@H](O)CC1=CC[C@@H]1[C@@H]2CC[C@]2(C)C(O)[C@H](O)C(=O)[C@@H]12. The molecule has 0 spiro atoms. The summed E-state index contributed by atoms with van der Waals surface area (Å²) in [6.45, 7) is 4.29. The first-order valence-electron chi connectivity index (χ1n) is 9.06. The van der Waals surface area contributed by atoms with Gasteiger partial charge in [-0.15, -0.1) is 0 Å². The number of hydrogen-bond acceptors (Lipinski definition) is 4. The molecule has 0 radical (unpaired) electrons. The summed E-state index contributed by atoms with van der Waals surface area (Å²) in [7, 11) is 0. The molecule has 8 atom stereocenters. The second kappa shape index (κ2) is 4.90. The van der Waals surface area contributed by atoms with Crippen molar-refractivity contribution in [3.63, 3.8) is 0 Å². The highest BCUT2D eigenvalue weighted by Gasteiger charge is 2.64. The van der Waals surface area contributed by atoms with Crippen molar-refractivity contribution in [3.8, 4) is 0 Å². The molecule has 0 bridgehead atoms. The van der Waals surface area contributed by atoms with Crippen LogP contribution in [0.25, 0.3) is 0 Å². The fourth-order valence-electron chi connectivity index (χ4n) is 6.45. The molecule has 0 amide bonds. The van der Waals surface area contributed by atoms with Crippen molar-refractivity contribution in [1.82, 2.24) is 0 Å². The molecule has 3 saturated carbocycles. The van der Waals surface area contributed by atoms with Crippen LogP contribution in [0.4, 0.5) is 0 Å². The maximum Gasteiger partial charge on any atom is 0.167 e. The molecule has 128 valence electrons. The summed E-state index contributed by atoms with van der Waals surface area (Å²) in [6, 6.07) is 0. The lowest BCUT2D eigenvalue weighted by Gasteiger charge is -2.56. The van der Waals surface area contributed by atoms with E-state index in [1.54, 1.807) is 0 Å². The van der Waals surface area contributed by atoms with Gasteiger partial charge in [0.25, 0.3) is 0 Å². The van der Waals surface area contributed by atoms with E-state index < -0.39 is 17.6 Å². The second-order valence-corrected chi connectivity index (χ2v) is 8.86. The Kier molecular flexibility index (Phi) is 3.37. The highest BCUT2D eigenvalue weighted by molar-refractivity contribution is 5.90. The smallest absolute Gasteiger partial charge is 0.167 e. The monoisotopic (exact) mass is 320 g/mol. The van der Waals surface area contributed by atoms with Gasteiger partial charge in [0.05, 0.1) is 12.2 Å². The van der Waals surface area contributed by atoms with Crippen LogP contribution >= 0.6 is 0 Å². The van der Waals surface area contributed by atoms with Crippen LogP contribution in [0.15, 0.2) is 11.6 Å². The second-order valence-electron chi connectivity index (χ2n) is 8.86. The van der Waals surface area contributed by atoms with Gasteiger partial charge in [0.15, 0.2) is 5.78 Å². The standard InChI is InChI=1S/C19H28O4/c1-18-7-5-11(20)9-10(18)3-4-12-13(18)6-8-19(2)14(12)15(21)16(22)17(19)23/h3,11-14,16-17,20,22-23H,4-9H2,1-2H3/t11-,12-,13+,14-,16-,17?,18+,19+/m1/s1. The average Bonchev–Trinajstić information content (AvgIpc) is 2.69. The fraction of sp³-hybridized carbons (Fsp3) is 0.842. The van der Waals surface area contributed by atoms with Gasteiger partial charge in [0.2, 0.25) is 0 Å². The zero-order valence-corrected chi connectivity index (χ0v) is 14.0. The van der Waals surface area contributed by atoms with Gasteiger partial charge in [-0.3, -0.25) is 4.79 Å². The molecular weight excluding hydrogens is 292 g/mol. The average molecular weight is 320 g/mol. The predicted molar refractivity (Wildman–Crippen MR) is 85.5 cm³/mol. The van der Waals surface area contributed by atoms with Crippen LogP contribution < -0.4 is 0 Å². The molecule has 4 aliphatic rings. The molecule has 3 N–H and O–H groups in total. The molecular formula is C19H28O4. The number of hydrogen-bond donors (Lipinski definition) is 3. The maximum absolute atomic E-state index is 12.7. The summed E-state index contributed by atoms with van der Waals surface area (Å²) < 4.78 is 0. The predicted octanol–water partition coefficient (Wildman–Crippen LogP) is 1.82. The van der Waals surface area contributed by atoms with E-state index in [1.807, 2.05) is 6.92 Å². The van der Waals surface area contributed by atoms with Crippen molar-refractivity contribution < 1.29 is 20.1 Å². The summed E-state index contributed by atoms with van der Waals surface area (Å²) in [6.07, 6.45) is 5.10. The van der Waals surface area contributed by atoms with Crippen molar-refractivity contribution in [2.45, 2.75) is 70.7 Å². The van der Waals surface area contributed by atoms with Gasteiger partial charge < -0.3 is 15.3 Å². The number of aliphatic hydroxyl groups excluding tert-OH is 3. The summed E-state index contributed by atoms with van der Waals surface area (Å²) in [5.41, 5.74) is 0.961. The minimum absolute atomic E-state index is 0.0717. The molecule has 23 heavy (non-hydrogen) atoms. The third kappa shape index (κ3) is 1.92. The van der Waals surface area contributed by atoms with E-state index in [1.165, 1.54) is 5.57 Å². The number of Topliss-reactive ketones (excluding diaryl/α,β-unsaturated/α-hetero) is 1. The first kappa shape index (κ1) is 15.8. The van der Waals surface area contributed by atoms with Gasteiger partial charge in [0, 0.05) is 11.3 Å². The lowest BCUT2D eigenvalue weighted by atomic mass is 9.48. The van der Waals surface area contributed by atoms with Gasteiger partial charge >= 0.3 is 0 Å². The quantitative estimate of drug-likeness (QED) is 0.595. The molecule has 0 saturated heterocycles. The van der Waals surface area contributed by atoms with Crippen LogP contribution in [-0.2, 0) is 4.79 Å². The Bertz CT molecular complexity index is 570. The topological polar surface area (TPSA) is 77.8 Å². The maximum atomic E-state index is 12.7. The van der Waals surface area contributed by atoms with E-state index in [4.69, 9.17) is 0 Å². The molecule has 4 rings (SSSR count). The van der Waals surface area contributed by atoms with Crippen LogP contribution in [0.1, 0.15) is 52.4 Å². The Morgan fingerprint density at radius 2 is 1.87 bits per heavy atom. The molecule has 0 heterocycles. The van der Waals surface area contributed by atoms with E-state index in [9.17, 15) is 20.1 Å². The number of fused-ring (bicyclic) bond motifs is 5. The molecule has 4 heteroatoms. The first-order valence-corrected chi connectivity index (χ1v) is 9.06. The van der Waals surface area contributed by atoms with E-state index in [0.29, 0.717) is 5.92 Å². The van der Waals surface area contributed by atoms with Crippen molar-refractivity contribution >= 4 is 5.78 Å². The van der Waals surface area contributed by atoms with E-state index in [-0.39, 0.29) is 29.1 Å². The molecule has 4 nitrogen and oxygen atoms in total. The fourth-order valence-corrected chi connectivity index (χ4v) is 6.45. The summed E-state index contributed by atoms with van der Waals surface area (Å²) in [4.78, 5) is 12.7.